The lowest BCUT2D eigenvalue weighted by Gasteiger charge is -2.34. The smallest absolute Gasteiger partial charge is 0.253 e. The van der Waals surface area contributed by atoms with E-state index in [0.29, 0.717) is 6.54 Å². The number of aromatic nitrogens is 3. The molecule has 1 amide bonds. The van der Waals surface area contributed by atoms with Gasteiger partial charge < -0.3 is 9.80 Å². The van der Waals surface area contributed by atoms with Crippen molar-refractivity contribution in [2.24, 2.45) is 0 Å². The Hall–Kier alpha value is -3.28. The molecule has 6 nitrogen and oxygen atoms in total. The summed E-state index contributed by atoms with van der Waals surface area (Å²) in [7, 11) is 0. The molecule has 2 saturated heterocycles. The molecule has 1 unspecified atom stereocenters. The first kappa shape index (κ1) is 21.6. The number of benzene rings is 1. The first-order valence-electron chi connectivity index (χ1n) is 12.1. The Labute approximate surface area is 195 Å². The van der Waals surface area contributed by atoms with Gasteiger partial charge in [0.2, 0.25) is 5.95 Å². The number of carbonyl (C=O) groups is 1. The number of nitrogens with zero attached hydrogens (tertiary/aromatic N) is 5. The van der Waals surface area contributed by atoms with Crippen LogP contribution in [0.4, 0.5) is 5.95 Å². The average molecular weight is 442 g/mol. The highest BCUT2D eigenvalue weighted by molar-refractivity contribution is 5.94. The molecule has 4 heterocycles. The van der Waals surface area contributed by atoms with Crippen LogP contribution in [0, 0.1) is 6.92 Å². The molecule has 1 atom stereocenters. The molecule has 0 N–H and O–H groups in total. The third-order valence-electron chi connectivity index (χ3n) is 6.81. The van der Waals surface area contributed by atoms with Crippen molar-refractivity contribution < 1.29 is 4.79 Å². The molecule has 0 spiro atoms. The number of rotatable bonds is 4. The Balaban J connectivity index is 1.46. The van der Waals surface area contributed by atoms with Crippen molar-refractivity contribution in [3.8, 4) is 11.1 Å². The van der Waals surface area contributed by atoms with Crippen LogP contribution in [0.2, 0.25) is 0 Å². The van der Waals surface area contributed by atoms with Crippen LogP contribution >= 0.6 is 0 Å². The van der Waals surface area contributed by atoms with Gasteiger partial charge in [0, 0.05) is 67.4 Å². The predicted molar refractivity (Wildman–Crippen MR) is 130 cm³/mol. The maximum atomic E-state index is 13.2. The Morgan fingerprint density at radius 2 is 1.79 bits per heavy atom. The van der Waals surface area contributed by atoms with Gasteiger partial charge in [0.15, 0.2) is 0 Å². The lowest BCUT2D eigenvalue weighted by Crippen LogP contribution is -2.39. The van der Waals surface area contributed by atoms with Gasteiger partial charge in [-0.25, -0.2) is 9.97 Å². The normalized spacial score (nSPS) is 18.9. The highest BCUT2D eigenvalue weighted by Crippen LogP contribution is 2.34. The lowest BCUT2D eigenvalue weighted by molar-refractivity contribution is 0.0706. The van der Waals surface area contributed by atoms with E-state index in [1.54, 1.807) is 6.20 Å². The summed E-state index contributed by atoms with van der Waals surface area (Å²) in [6, 6.07) is 11.9. The number of pyridine rings is 1. The molecule has 170 valence electrons. The van der Waals surface area contributed by atoms with Crippen molar-refractivity contribution in [3.05, 3.63) is 71.8 Å². The monoisotopic (exact) mass is 441 g/mol. The van der Waals surface area contributed by atoms with Gasteiger partial charge in [-0.2, -0.15) is 0 Å². The molecule has 6 heteroatoms. The summed E-state index contributed by atoms with van der Waals surface area (Å²) < 4.78 is 0. The number of amides is 1. The lowest BCUT2D eigenvalue weighted by atomic mass is 9.90. The maximum absolute atomic E-state index is 13.2. The van der Waals surface area contributed by atoms with Crippen LogP contribution in [0.1, 0.15) is 59.6 Å². The summed E-state index contributed by atoms with van der Waals surface area (Å²) in [6.45, 7) is 5.52. The number of piperidine rings is 2. The molecular formula is C27H31N5O. The molecule has 3 aromatic rings. The molecule has 0 bridgehead atoms. The van der Waals surface area contributed by atoms with E-state index < -0.39 is 0 Å². The van der Waals surface area contributed by atoms with Crippen LogP contribution < -0.4 is 4.90 Å². The SMILES string of the molecule is Cc1ccc(C(=O)N2CCCC(c3nc(N4CCCCC4)ncc3-c3cccnc3)C2)cc1. The van der Waals surface area contributed by atoms with Gasteiger partial charge >= 0.3 is 0 Å². The van der Waals surface area contributed by atoms with Crippen molar-refractivity contribution in [1.29, 1.82) is 0 Å². The topological polar surface area (TPSA) is 62.2 Å². The van der Waals surface area contributed by atoms with Crippen molar-refractivity contribution in [2.45, 2.75) is 44.9 Å². The van der Waals surface area contributed by atoms with E-state index in [1.807, 2.05) is 54.5 Å². The molecule has 5 rings (SSSR count). The maximum Gasteiger partial charge on any atom is 0.253 e. The van der Waals surface area contributed by atoms with Crippen molar-refractivity contribution in [3.63, 3.8) is 0 Å². The summed E-state index contributed by atoms with van der Waals surface area (Å²) in [5.74, 6) is 1.10. The number of likely N-dealkylation sites (tertiary alicyclic amines) is 1. The molecule has 2 aromatic heterocycles. The standard InChI is InChI=1S/C27H31N5O/c1-20-9-11-21(12-10-20)26(33)32-16-6-8-23(19-32)25-24(22-7-5-13-28-17-22)18-29-27(30-25)31-14-3-2-4-15-31/h5,7,9-13,17-18,23H,2-4,6,8,14-16,19H2,1H3. The molecule has 33 heavy (non-hydrogen) atoms. The fourth-order valence-corrected chi connectivity index (χ4v) is 4.95. The highest BCUT2D eigenvalue weighted by Gasteiger charge is 2.29. The summed E-state index contributed by atoms with van der Waals surface area (Å²) in [5, 5.41) is 0. The van der Waals surface area contributed by atoms with E-state index in [1.165, 1.54) is 19.3 Å². The second kappa shape index (κ2) is 9.69. The highest BCUT2D eigenvalue weighted by atomic mass is 16.2. The molecule has 0 saturated carbocycles. The second-order valence-corrected chi connectivity index (χ2v) is 9.21. The Kier molecular flexibility index (Phi) is 6.33. The largest absolute Gasteiger partial charge is 0.341 e. The summed E-state index contributed by atoms with van der Waals surface area (Å²) in [5.41, 5.74) is 5.01. The summed E-state index contributed by atoms with van der Waals surface area (Å²) in [6.07, 6.45) is 11.3. The van der Waals surface area contributed by atoms with Gasteiger partial charge in [-0.3, -0.25) is 9.78 Å². The molecule has 2 fully saturated rings. The van der Waals surface area contributed by atoms with Gasteiger partial charge in [0.1, 0.15) is 0 Å². The molecular weight excluding hydrogens is 410 g/mol. The minimum absolute atomic E-state index is 0.105. The van der Waals surface area contributed by atoms with Gasteiger partial charge in [0.25, 0.3) is 5.91 Å². The van der Waals surface area contributed by atoms with Gasteiger partial charge in [-0.15, -0.1) is 0 Å². The Morgan fingerprint density at radius 3 is 2.55 bits per heavy atom. The van der Waals surface area contributed by atoms with Gasteiger partial charge in [-0.1, -0.05) is 23.8 Å². The fraction of sp³-hybridized carbons (Fsp3) is 0.407. The van der Waals surface area contributed by atoms with Gasteiger partial charge in [0.05, 0.1) is 5.69 Å². The molecule has 0 aliphatic carbocycles. The van der Waals surface area contributed by atoms with Gasteiger partial charge in [-0.05, 0) is 57.2 Å². The van der Waals surface area contributed by atoms with E-state index in [2.05, 4.69) is 16.0 Å². The van der Waals surface area contributed by atoms with Crippen LogP contribution in [0.25, 0.3) is 11.1 Å². The Bertz CT molecular complexity index is 1090. The number of carbonyl (C=O) groups excluding carboxylic acids is 1. The van der Waals surface area contributed by atoms with Crippen LogP contribution in [0.5, 0.6) is 0 Å². The first-order chi connectivity index (χ1) is 16.2. The average Bonchev–Trinajstić information content (AvgIpc) is 2.89. The third-order valence-corrected chi connectivity index (χ3v) is 6.81. The van der Waals surface area contributed by atoms with Crippen LogP contribution in [0.15, 0.2) is 55.0 Å². The molecule has 1 aromatic carbocycles. The minimum atomic E-state index is 0.105. The third kappa shape index (κ3) is 4.75. The van der Waals surface area contributed by atoms with E-state index in [4.69, 9.17) is 9.97 Å². The molecule has 2 aliphatic heterocycles. The van der Waals surface area contributed by atoms with E-state index in [-0.39, 0.29) is 11.8 Å². The van der Waals surface area contributed by atoms with Crippen LogP contribution in [-0.4, -0.2) is 51.9 Å². The van der Waals surface area contributed by atoms with E-state index in [9.17, 15) is 4.79 Å². The Morgan fingerprint density at radius 1 is 0.970 bits per heavy atom. The number of hydrogen-bond acceptors (Lipinski definition) is 5. The zero-order chi connectivity index (χ0) is 22.6. The zero-order valence-corrected chi connectivity index (χ0v) is 19.3. The number of anilines is 1. The van der Waals surface area contributed by atoms with Crippen molar-refractivity contribution in [1.82, 2.24) is 19.9 Å². The fourth-order valence-electron chi connectivity index (χ4n) is 4.95. The summed E-state index contributed by atoms with van der Waals surface area (Å²) >= 11 is 0. The zero-order valence-electron chi connectivity index (χ0n) is 19.3. The number of hydrogen-bond donors (Lipinski definition) is 0. The second-order valence-electron chi connectivity index (χ2n) is 9.21. The predicted octanol–water partition coefficient (Wildman–Crippen LogP) is 4.86. The first-order valence-corrected chi connectivity index (χ1v) is 12.1. The van der Waals surface area contributed by atoms with Crippen LogP contribution in [0.3, 0.4) is 0 Å². The molecule has 0 radical (unpaired) electrons. The quantitative estimate of drug-likeness (QED) is 0.579. The molecule has 2 aliphatic rings. The van der Waals surface area contributed by atoms with Crippen LogP contribution in [-0.2, 0) is 0 Å². The number of aryl methyl sites for hydroxylation is 1. The van der Waals surface area contributed by atoms with E-state index in [0.717, 1.165) is 66.4 Å². The summed E-state index contributed by atoms with van der Waals surface area (Å²) in [4.78, 5) is 31.7. The van der Waals surface area contributed by atoms with Crippen molar-refractivity contribution >= 4 is 11.9 Å². The van der Waals surface area contributed by atoms with E-state index >= 15 is 0 Å². The minimum Gasteiger partial charge on any atom is -0.341 e. The van der Waals surface area contributed by atoms with Crippen molar-refractivity contribution in [2.75, 3.05) is 31.1 Å².